The predicted molar refractivity (Wildman–Crippen MR) is 123 cm³/mol. The zero-order valence-electron chi connectivity index (χ0n) is 17.9. The first kappa shape index (κ1) is 24.2. The Hall–Kier alpha value is -2.12. The summed E-state index contributed by atoms with van der Waals surface area (Å²) in [5.74, 6) is 1.51. The fourth-order valence-corrected chi connectivity index (χ4v) is 3.34. The van der Waals surface area contributed by atoms with Gasteiger partial charge >= 0.3 is 0 Å². The predicted octanol–water partition coefficient (Wildman–Crippen LogP) is 3.71. The van der Waals surface area contributed by atoms with E-state index in [9.17, 15) is 4.79 Å². The Kier molecular flexibility index (Phi) is 9.11. The minimum Gasteiger partial charge on any atom is -0.457 e. The number of anilines is 1. The van der Waals surface area contributed by atoms with E-state index in [4.69, 9.17) is 9.47 Å². The third-order valence-electron chi connectivity index (χ3n) is 5.33. The highest BCUT2D eigenvalue weighted by Crippen LogP contribution is 2.24. The first-order valence-corrected chi connectivity index (χ1v) is 10.1. The van der Waals surface area contributed by atoms with Gasteiger partial charge in [0.2, 0.25) is 5.91 Å². The number of nitrogens with one attached hydrogen (secondary N) is 2. The Morgan fingerprint density at radius 2 is 1.60 bits per heavy atom. The molecule has 2 N–H and O–H groups in total. The average Bonchev–Trinajstić information content (AvgIpc) is 2.75. The Bertz CT molecular complexity index is 788. The number of hydrogen-bond donors (Lipinski definition) is 2. The molecule has 30 heavy (non-hydrogen) atoms. The van der Waals surface area contributed by atoms with Crippen molar-refractivity contribution in [2.24, 2.45) is 0 Å². The highest BCUT2D eigenvalue weighted by Gasteiger charge is 2.35. The minimum atomic E-state index is -0.554. The lowest BCUT2D eigenvalue weighted by Crippen LogP contribution is -2.58. The van der Waals surface area contributed by atoms with Crippen molar-refractivity contribution in [3.8, 4) is 11.5 Å². The molecule has 3 rings (SSSR count). The van der Waals surface area contributed by atoms with Gasteiger partial charge in [0.25, 0.3) is 0 Å². The van der Waals surface area contributed by atoms with Gasteiger partial charge in [-0.05, 0) is 62.2 Å². The second-order valence-corrected chi connectivity index (χ2v) is 7.76. The van der Waals surface area contributed by atoms with E-state index in [1.165, 1.54) is 5.56 Å². The second-order valence-electron chi connectivity index (χ2n) is 7.76. The van der Waals surface area contributed by atoms with Gasteiger partial charge in [-0.15, -0.1) is 12.4 Å². The number of halogens is 1. The van der Waals surface area contributed by atoms with Crippen molar-refractivity contribution in [2.75, 3.05) is 45.2 Å². The Labute approximate surface area is 185 Å². The van der Waals surface area contributed by atoms with E-state index >= 15 is 0 Å². The lowest BCUT2D eigenvalue weighted by Gasteiger charge is -2.39. The zero-order chi connectivity index (χ0) is 20.7. The summed E-state index contributed by atoms with van der Waals surface area (Å²) in [4.78, 5) is 15.0. The molecule has 0 spiro atoms. The van der Waals surface area contributed by atoms with Crippen molar-refractivity contribution in [1.82, 2.24) is 10.2 Å². The van der Waals surface area contributed by atoms with Crippen LogP contribution in [0.4, 0.5) is 5.69 Å². The molecule has 1 aliphatic heterocycles. The molecule has 2 aromatic carbocycles. The topological polar surface area (TPSA) is 62.8 Å². The van der Waals surface area contributed by atoms with Gasteiger partial charge in [0, 0.05) is 39.0 Å². The average molecular weight is 434 g/mol. The number of hydrogen-bond acceptors (Lipinski definition) is 5. The number of ether oxygens (including phenoxy) is 2. The Morgan fingerprint density at radius 1 is 1.03 bits per heavy atom. The molecular weight excluding hydrogens is 402 g/mol. The summed E-state index contributed by atoms with van der Waals surface area (Å²) >= 11 is 0. The SMILES string of the molecule is COCCc1ccc(Oc2ccc(NC(=O)C(C)(C)N3CCNCC3)cc2)cc1.Cl. The van der Waals surface area contributed by atoms with Crippen LogP contribution in [0.25, 0.3) is 0 Å². The van der Waals surface area contributed by atoms with Crippen molar-refractivity contribution < 1.29 is 14.3 Å². The van der Waals surface area contributed by atoms with E-state index in [0.717, 1.165) is 49.8 Å². The van der Waals surface area contributed by atoms with E-state index in [-0.39, 0.29) is 18.3 Å². The number of benzene rings is 2. The van der Waals surface area contributed by atoms with Crippen LogP contribution in [0.15, 0.2) is 48.5 Å². The van der Waals surface area contributed by atoms with Crippen molar-refractivity contribution in [3.63, 3.8) is 0 Å². The zero-order valence-corrected chi connectivity index (χ0v) is 18.8. The number of piperazine rings is 1. The van der Waals surface area contributed by atoms with Gasteiger partial charge in [0.15, 0.2) is 0 Å². The van der Waals surface area contributed by atoms with Crippen molar-refractivity contribution >= 4 is 24.0 Å². The first-order valence-electron chi connectivity index (χ1n) is 10.1. The molecule has 0 unspecified atom stereocenters. The fourth-order valence-electron chi connectivity index (χ4n) is 3.34. The summed E-state index contributed by atoms with van der Waals surface area (Å²) in [6.07, 6.45) is 0.884. The highest BCUT2D eigenvalue weighted by molar-refractivity contribution is 5.97. The molecule has 164 valence electrons. The molecule has 7 heteroatoms. The van der Waals surface area contributed by atoms with E-state index in [2.05, 4.69) is 15.5 Å². The molecule has 0 aliphatic carbocycles. The maximum atomic E-state index is 12.8. The van der Waals surface area contributed by atoms with Crippen LogP contribution in [0.3, 0.4) is 0 Å². The lowest BCUT2D eigenvalue weighted by atomic mass is 10.0. The van der Waals surface area contributed by atoms with Crippen LogP contribution in [0.2, 0.25) is 0 Å². The molecule has 1 saturated heterocycles. The van der Waals surface area contributed by atoms with E-state index in [0.29, 0.717) is 6.61 Å². The molecule has 0 bridgehead atoms. The maximum absolute atomic E-state index is 12.8. The van der Waals surface area contributed by atoms with Crippen LogP contribution in [-0.2, 0) is 16.0 Å². The van der Waals surface area contributed by atoms with Crippen molar-refractivity contribution in [3.05, 3.63) is 54.1 Å². The summed E-state index contributed by atoms with van der Waals surface area (Å²) in [5, 5.41) is 6.35. The Morgan fingerprint density at radius 3 is 2.17 bits per heavy atom. The maximum Gasteiger partial charge on any atom is 0.244 e. The molecule has 1 aliphatic rings. The monoisotopic (exact) mass is 433 g/mol. The van der Waals surface area contributed by atoms with E-state index in [1.807, 2.05) is 62.4 Å². The molecule has 1 amide bonds. The molecule has 0 aromatic heterocycles. The Balaban J connectivity index is 0.00000320. The van der Waals surface area contributed by atoms with Gasteiger partial charge in [-0.1, -0.05) is 12.1 Å². The number of nitrogens with zero attached hydrogens (tertiary/aromatic N) is 1. The van der Waals surface area contributed by atoms with Gasteiger partial charge in [-0.3, -0.25) is 9.69 Å². The summed E-state index contributed by atoms with van der Waals surface area (Å²) in [6, 6.07) is 15.5. The van der Waals surface area contributed by atoms with Crippen LogP contribution in [0, 0.1) is 0 Å². The van der Waals surface area contributed by atoms with Crippen LogP contribution in [0.5, 0.6) is 11.5 Å². The smallest absolute Gasteiger partial charge is 0.244 e. The molecule has 1 heterocycles. The quantitative estimate of drug-likeness (QED) is 0.664. The standard InChI is InChI=1S/C23H31N3O3.ClH/c1-23(2,26-15-13-24-14-16-26)22(27)25-19-6-10-21(11-7-19)29-20-8-4-18(5-9-20)12-17-28-3;/h4-11,24H,12-17H2,1-3H3,(H,25,27);1H. The number of carbonyl (C=O) groups excluding carboxylic acids is 1. The summed E-state index contributed by atoms with van der Waals surface area (Å²) in [5.41, 5.74) is 1.42. The number of amides is 1. The number of carbonyl (C=O) groups is 1. The third-order valence-corrected chi connectivity index (χ3v) is 5.33. The molecule has 6 nitrogen and oxygen atoms in total. The molecule has 2 aromatic rings. The summed E-state index contributed by atoms with van der Waals surface area (Å²) < 4.78 is 11.0. The van der Waals surface area contributed by atoms with Gasteiger partial charge in [0.1, 0.15) is 11.5 Å². The van der Waals surface area contributed by atoms with Gasteiger partial charge in [0.05, 0.1) is 12.1 Å². The highest BCUT2D eigenvalue weighted by atomic mass is 35.5. The normalized spacial score (nSPS) is 14.6. The van der Waals surface area contributed by atoms with Gasteiger partial charge < -0.3 is 20.1 Å². The second kappa shape index (κ2) is 11.3. The van der Waals surface area contributed by atoms with Crippen molar-refractivity contribution in [2.45, 2.75) is 25.8 Å². The van der Waals surface area contributed by atoms with E-state index in [1.54, 1.807) is 7.11 Å². The number of methoxy groups -OCH3 is 1. The van der Waals surface area contributed by atoms with Crippen LogP contribution in [0.1, 0.15) is 19.4 Å². The van der Waals surface area contributed by atoms with Crippen molar-refractivity contribution in [1.29, 1.82) is 0 Å². The van der Waals surface area contributed by atoms with E-state index < -0.39 is 5.54 Å². The number of rotatable bonds is 8. The van der Waals surface area contributed by atoms with Crippen LogP contribution >= 0.6 is 12.4 Å². The molecule has 0 atom stereocenters. The third kappa shape index (κ3) is 6.44. The largest absolute Gasteiger partial charge is 0.457 e. The first-order chi connectivity index (χ1) is 14.0. The molecule has 1 fully saturated rings. The van der Waals surface area contributed by atoms with Gasteiger partial charge in [-0.2, -0.15) is 0 Å². The van der Waals surface area contributed by atoms with Crippen LogP contribution < -0.4 is 15.4 Å². The summed E-state index contributed by atoms with van der Waals surface area (Å²) in [6.45, 7) is 8.23. The molecule has 0 saturated carbocycles. The summed E-state index contributed by atoms with van der Waals surface area (Å²) in [7, 11) is 1.70. The van der Waals surface area contributed by atoms with Gasteiger partial charge in [-0.25, -0.2) is 0 Å². The fraction of sp³-hybridized carbons (Fsp3) is 0.435. The molecular formula is C23H32ClN3O3. The molecule has 0 radical (unpaired) electrons. The van der Waals surface area contributed by atoms with Crippen LogP contribution in [-0.4, -0.2) is 56.2 Å². The minimum absolute atomic E-state index is 0. The lowest BCUT2D eigenvalue weighted by molar-refractivity contribution is -0.126.